The third-order valence-electron chi connectivity index (χ3n) is 4.41. The highest BCUT2D eigenvalue weighted by Gasteiger charge is 2.17. The van der Waals surface area contributed by atoms with Gasteiger partial charge in [-0.2, -0.15) is 0 Å². The predicted molar refractivity (Wildman–Crippen MR) is 134 cm³/mol. The lowest BCUT2D eigenvalue weighted by molar-refractivity contribution is 0.295. The molecule has 0 fully saturated rings. The van der Waals surface area contributed by atoms with Crippen LogP contribution in [-0.4, -0.2) is 53.5 Å². The molecule has 1 aromatic rings. The summed E-state index contributed by atoms with van der Waals surface area (Å²) in [5, 5.41) is 9.40. The van der Waals surface area contributed by atoms with Crippen molar-refractivity contribution in [1.29, 1.82) is 0 Å². The van der Waals surface area contributed by atoms with Crippen molar-refractivity contribution in [2.24, 2.45) is 4.99 Å². The van der Waals surface area contributed by atoms with E-state index in [0.717, 1.165) is 12.3 Å². The van der Waals surface area contributed by atoms with Gasteiger partial charge in [0.05, 0.1) is 6.20 Å². The molecule has 0 amide bonds. The maximum absolute atomic E-state index is 12.8. The lowest BCUT2D eigenvalue weighted by atomic mass is 10.1. The molecule has 1 aromatic heterocycles. The lowest BCUT2D eigenvalue weighted by Gasteiger charge is -2.25. The second-order valence-electron chi connectivity index (χ2n) is 6.72. The zero-order chi connectivity index (χ0) is 25.4. The van der Waals surface area contributed by atoms with Gasteiger partial charge in [0.2, 0.25) is 6.93 Å². The fraction of sp³-hybridized carbons (Fsp3) is 0.375. The number of halogens is 2. The van der Waals surface area contributed by atoms with E-state index in [9.17, 15) is 18.7 Å². The van der Waals surface area contributed by atoms with E-state index in [0.29, 0.717) is 12.1 Å². The van der Waals surface area contributed by atoms with Crippen molar-refractivity contribution >= 4 is 17.7 Å². The van der Waals surface area contributed by atoms with E-state index in [4.69, 9.17) is 0 Å². The summed E-state index contributed by atoms with van der Waals surface area (Å²) >= 11 is 0. The van der Waals surface area contributed by atoms with Crippen molar-refractivity contribution in [3.8, 4) is 0 Å². The Morgan fingerprint density at radius 2 is 1.94 bits per heavy atom. The van der Waals surface area contributed by atoms with Crippen molar-refractivity contribution in [1.82, 2.24) is 14.5 Å². The van der Waals surface area contributed by atoms with Gasteiger partial charge in [0.15, 0.2) is 0 Å². The van der Waals surface area contributed by atoms with E-state index >= 15 is 0 Å². The highest BCUT2D eigenvalue weighted by atomic mass is 19.3. The van der Waals surface area contributed by atoms with Crippen LogP contribution < -0.4 is 10.5 Å². The summed E-state index contributed by atoms with van der Waals surface area (Å²) in [6.45, 7) is 7.80. The Morgan fingerprint density at radius 1 is 1.30 bits per heavy atom. The molecule has 0 unspecified atom stereocenters. The number of anilines is 1. The largest absolute Gasteiger partial charge is 0.508 e. The number of nitrogens with zero attached hydrogens (tertiary/aromatic N) is 5. The van der Waals surface area contributed by atoms with Crippen LogP contribution in [0.15, 0.2) is 76.4 Å². The Labute approximate surface area is 195 Å². The molecule has 1 N–H and O–H groups in total. The summed E-state index contributed by atoms with van der Waals surface area (Å²) in [5.41, 5.74) is 2.62. The first-order valence-corrected chi connectivity index (χ1v) is 10.5. The normalized spacial score (nSPS) is 15.9. The van der Waals surface area contributed by atoms with Gasteiger partial charge in [0, 0.05) is 52.1 Å². The van der Waals surface area contributed by atoms with E-state index in [1.807, 2.05) is 41.1 Å². The second-order valence-corrected chi connectivity index (χ2v) is 6.72. The van der Waals surface area contributed by atoms with Gasteiger partial charge in [-0.15, -0.1) is 0 Å². The molecule has 182 valence electrons. The van der Waals surface area contributed by atoms with E-state index in [1.54, 1.807) is 17.2 Å². The molecule has 2 heterocycles. The van der Waals surface area contributed by atoms with Gasteiger partial charge in [-0.3, -0.25) is 9.36 Å². The monoisotopic (exact) mass is 463 g/mol. The first kappa shape index (κ1) is 29.5. The molecule has 0 saturated carbocycles. The van der Waals surface area contributed by atoms with Gasteiger partial charge >= 0.3 is 0 Å². The van der Waals surface area contributed by atoms with Gasteiger partial charge in [0.1, 0.15) is 23.6 Å². The summed E-state index contributed by atoms with van der Waals surface area (Å²) in [6, 6.07) is 0. The quantitative estimate of drug-likeness (QED) is 0.478. The van der Waals surface area contributed by atoms with E-state index in [1.165, 1.54) is 46.7 Å². The number of hydrogen-bond donors (Lipinski definition) is 1. The number of hydrogen-bond acceptors (Lipinski definition) is 6. The number of aliphatic hydroxyl groups excluding tert-OH is 1. The highest BCUT2D eigenvalue weighted by molar-refractivity contribution is 5.98. The van der Waals surface area contributed by atoms with Crippen LogP contribution in [0.1, 0.15) is 33.6 Å². The lowest BCUT2D eigenvalue weighted by Crippen LogP contribution is -2.33. The van der Waals surface area contributed by atoms with E-state index in [-0.39, 0.29) is 11.3 Å². The Morgan fingerprint density at radius 3 is 2.52 bits per heavy atom. The smallest absolute Gasteiger partial charge is 0.281 e. The predicted octanol–water partition coefficient (Wildman–Crippen LogP) is 5.23. The number of aliphatic hydroxyl groups is 1. The second kappa shape index (κ2) is 16.2. The number of rotatable bonds is 5. The Bertz CT molecular complexity index is 960. The first-order valence-electron chi connectivity index (χ1n) is 10.5. The Hall–Kier alpha value is -3.49. The molecule has 0 aliphatic carbocycles. The van der Waals surface area contributed by atoms with Gasteiger partial charge in [-0.25, -0.2) is 18.8 Å². The van der Waals surface area contributed by atoms with Crippen LogP contribution in [-0.2, 0) is 0 Å². The minimum Gasteiger partial charge on any atom is -0.508 e. The molecular formula is C24H35F2N5O2. The number of aliphatic imine (C=N–C) groups is 1. The van der Waals surface area contributed by atoms with Crippen LogP contribution in [0.4, 0.5) is 14.5 Å². The summed E-state index contributed by atoms with van der Waals surface area (Å²) in [5.74, 6) is 0.776. The zero-order valence-corrected chi connectivity index (χ0v) is 20.3. The van der Waals surface area contributed by atoms with Gasteiger partial charge in [-0.1, -0.05) is 26.5 Å². The summed E-state index contributed by atoms with van der Waals surface area (Å²) < 4.78 is 20.6. The number of alkyl halides is 2. The molecule has 1 aliphatic rings. The average Bonchev–Trinajstić information content (AvgIpc) is 2.78. The molecule has 0 bridgehead atoms. The third-order valence-corrected chi connectivity index (χ3v) is 4.41. The Kier molecular flexibility index (Phi) is 14.5. The fourth-order valence-corrected chi connectivity index (χ4v) is 2.83. The summed E-state index contributed by atoms with van der Waals surface area (Å²) in [4.78, 5) is 25.4. The Balaban J connectivity index is 0.00000189. The van der Waals surface area contributed by atoms with Crippen LogP contribution in [0, 0.1) is 0 Å². The highest BCUT2D eigenvalue weighted by Crippen LogP contribution is 2.20. The molecular weight excluding hydrogens is 428 g/mol. The van der Waals surface area contributed by atoms with Gasteiger partial charge in [0.25, 0.3) is 5.56 Å². The summed E-state index contributed by atoms with van der Waals surface area (Å²) in [7, 11) is 5.87. The van der Waals surface area contributed by atoms with E-state index in [2.05, 4.69) is 28.4 Å². The average molecular weight is 464 g/mol. The van der Waals surface area contributed by atoms with Crippen LogP contribution in [0.25, 0.3) is 6.20 Å². The molecule has 7 nitrogen and oxygen atoms in total. The van der Waals surface area contributed by atoms with Crippen molar-refractivity contribution in [2.75, 3.05) is 33.0 Å². The molecule has 0 atom stereocenters. The molecule has 0 radical (unpaired) electrons. The van der Waals surface area contributed by atoms with Crippen molar-refractivity contribution in [3.05, 3.63) is 77.0 Å². The van der Waals surface area contributed by atoms with Gasteiger partial charge in [-0.05, 0) is 30.7 Å². The molecule has 9 heteroatoms. The van der Waals surface area contributed by atoms with Crippen LogP contribution >= 0.6 is 0 Å². The van der Waals surface area contributed by atoms with Crippen LogP contribution in [0.5, 0.6) is 0 Å². The first-order chi connectivity index (χ1) is 15.8. The standard InChI is InChI=1S/C21H27N5O2.C2H6.CH2F2/c1-6-17(27)9-8-12-26-15-22-14-19(21(26)28)25(5)20-13-16(2)18(24(3)4)10-7-11-23-20;1-2;2-1-3/h6-9,11-12,14-15,27H,1,10,13H2,2-5H3;1-2H3;1H2/b11-7?,12-8+,17-9+,18-16+,23-20?;;. The number of aromatic nitrogens is 2. The van der Waals surface area contributed by atoms with Crippen molar-refractivity contribution < 1.29 is 13.9 Å². The molecule has 1 aliphatic heterocycles. The van der Waals surface area contributed by atoms with Crippen LogP contribution in [0.3, 0.4) is 0 Å². The molecule has 0 spiro atoms. The van der Waals surface area contributed by atoms with E-state index < -0.39 is 6.93 Å². The molecule has 33 heavy (non-hydrogen) atoms. The maximum Gasteiger partial charge on any atom is 0.281 e. The minimum absolute atomic E-state index is 0.0140. The van der Waals surface area contributed by atoms with Gasteiger partial charge < -0.3 is 14.9 Å². The SMILES string of the molecule is C=C/C(O)=C\C=C\n1cncc(N(C)C2=NC=CC/C(N(C)C)=C(/C)C2)c1=O.CC.FCF. The number of allylic oxidation sites excluding steroid dienone is 4. The topological polar surface area (TPSA) is 74.0 Å². The minimum atomic E-state index is -1.75. The molecule has 2 rings (SSSR count). The van der Waals surface area contributed by atoms with Crippen molar-refractivity contribution in [3.63, 3.8) is 0 Å². The third kappa shape index (κ3) is 9.67. The van der Waals surface area contributed by atoms with Crippen LogP contribution in [0.2, 0.25) is 0 Å². The molecule has 0 saturated heterocycles. The fourth-order valence-electron chi connectivity index (χ4n) is 2.83. The van der Waals surface area contributed by atoms with Crippen molar-refractivity contribution in [2.45, 2.75) is 33.6 Å². The zero-order valence-electron chi connectivity index (χ0n) is 20.3. The maximum atomic E-state index is 12.8. The summed E-state index contributed by atoms with van der Waals surface area (Å²) in [6.07, 6.45) is 14.0. The molecule has 0 aromatic carbocycles. The number of amidine groups is 1.